The Labute approximate surface area is 212 Å². The van der Waals surface area contributed by atoms with Gasteiger partial charge in [0.15, 0.2) is 6.10 Å². The molecule has 7 nitrogen and oxygen atoms in total. The Kier molecular flexibility index (Phi) is 9.63. The second kappa shape index (κ2) is 13.1. The summed E-state index contributed by atoms with van der Waals surface area (Å²) in [5.74, 6) is -0.847. The average molecular weight is 488 g/mol. The third kappa shape index (κ3) is 8.27. The van der Waals surface area contributed by atoms with Crippen LogP contribution >= 0.6 is 0 Å². The van der Waals surface area contributed by atoms with Crippen LogP contribution in [-0.2, 0) is 29.2 Å². The summed E-state index contributed by atoms with van der Waals surface area (Å²) in [6.07, 6.45) is -0.953. The minimum Gasteiger partial charge on any atom is -0.449 e. The Hall–Kier alpha value is -4.13. The maximum atomic E-state index is 13.3. The number of carbonyl (C=O) groups excluding carboxylic acids is 3. The van der Waals surface area contributed by atoms with Crippen LogP contribution in [0.1, 0.15) is 47.8 Å². The Balaban J connectivity index is 1.61. The summed E-state index contributed by atoms with van der Waals surface area (Å²) in [5, 5.41) is 5.52. The van der Waals surface area contributed by atoms with Crippen molar-refractivity contribution in [1.29, 1.82) is 0 Å². The smallest absolute Gasteiger partial charge is 0.338 e. The number of amides is 3. The predicted molar refractivity (Wildman–Crippen MR) is 139 cm³/mol. The fraction of sp³-hybridized carbons (Fsp3) is 0.276. The number of rotatable bonds is 10. The van der Waals surface area contributed by atoms with Crippen LogP contribution in [-0.4, -0.2) is 35.0 Å². The largest absolute Gasteiger partial charge is 0.449 e. The topological polar surface area (TPSA) is 87.7 Å². The molecule has 1 atom stereocenters. The van der Waals surface area contributed by atoms with E-state index in [4.69, 9.17) is 4.74 Å². The van der Waals surface area contributed by atoms with Gasteiger partial charge in [-0.3, -0.25) is 4.79 Å². The summed E-state index contributed by atoms with van der Waals surface area (Å²) in [6.45, 7) is 6.50. The quantitative estimate of drug-likeness (QED) is 0.407. The Morgan fingerprint density at radius 1 is 0.750 bits per heavy atom. The van der Waals surface area contributed by atoms with Crippen molar-refractivity contribution in [3.8, 4) is 0 Å². The van der Waals surface area contributed by atoms with Crippen LogP contribution in [0, 0.1) is 0 Å². The SMILES string of the molecule is CC(C)NC(=O)NCc1ccc(C(=O)OC(C)C(=O)N(Cc2ccccc2)Cc2ccccc2)cc1. The van der Waals surface area contributed by atoms with Gasteiger partial charge in [-0.25, -0.2) is 9.59 Å². The molecule has 36 heavy (non-hydrogen) atoms. The standard InChI is InChI=1S/C29H33N3O4/c1-21(2)31-29(35)30-18-23-14-16-26(17-15-23)28(34)36-22(3)27(33)32(19-24-10-6-4-7-11-24)20-25-12-8-5-9-13-25/h4-17,21-22H,18-20H2,1-3H3,(H2,30,31,35). The first-order valence-corrected chi connectivity index (χ1v) is 12.0. The van der Waals surface area contributed by atoms with Crippen molar-refractivity contribution in [2.24, 2.45) is 0 Å². The molecule has 0 aromatic heterocycles. The highest BCUT2D eigenvalue weighted by Gasteiger charge is 2.25. The number of nitrogens with one attached hydrogen (secondary N) is 2. The molecule has 0 aliphatic heterocycles. The number of hydrogen-bond acceptors (Lipinski definition) is 4. The first kappa shape index (κ1) is 26.5. The van der Waals surface area contributed by atoms with Crippen LogP contribution in [0.3, 0.4) is 0 Å². The lowest BCUT2D eigenvalue weighted by Gasteiger charge is -2.26. The molecule has 0 radical (unpaired) electrons. The highest BCUT2D eigenvalue weighted by molar-refractivity contribution is 5.92. The molecular weight excluding hydrogens is 454 g/mol. The van der Waals surface area contributed by atoms with Gasteiger partial charge in [0.25, 0.3) is 5.91 Å². The maximum absolute atomic E-state index is 13.3. The normalized spacial score (nSPS) is 11.4. The molecule has 0 heterocycles. The molecule has 3 amide bonds. The second-order valence-corrected chi connectivity index (χ2v) is 8.89. The molecule has 3 aromatic rings. The molecule has 0 saturated heterocycles. The molecule has 0 aliphatic carbocycles. The number of urea groups is 1. The van der Waals surface area contributed by atoms with Gasteiger partial charge in [0.05, 0.1) is 5.56 Å². The van der Waals surface area contributed by atoms with Crippen molar-refractivity contribution >= 4 is 17.9 Å². The van der Waals surface area contributed by atoms with Gasteiger partial charge in [-0.15, -0.1) is 0 Å². The molecule has 2 N–H and O–H groups in total. The van der Waals surface area contributed by atoms with E-state index in [1.165, 1.54) is 0 Å². The van der Waals surface area contributed by atoms with Crippen molar-refractivity contribution in [3.63, 3.8) is 0 Å². The van der Waals surface area contributed by atoms with Crippen LogP contribution in [0.15, 0.2) is 84.9 Å². The van der Waals surface area contributed by atoms with Gasteiger partial charge in [-0.2, -0.15) is 0 Å². The van der Waals surface area contributed by atoms with Crippen LogP contribution in [0.4, 0.5) is 4.79 Å². The molecule has 3 aromatic carbocycles. The summed E-state index contributed by atoms with van der Waals surface area (Å²) in [7, 11) is 0. The van der Waals surface area contributed by atoms with Gasteiger partial charge < -0.3 is 20.3 Å². The zero-order valence-electron chi connectivity index (χ0n) is 20.9. The van der Waals surface area contributed by atoms with Crippen LogP contribution < -0.4 is 10.6 Å². The van der Waals surface area contributed by atoms with Crippen molar-refractivity contribution in [2.45, 2.75) is 52.6 Å². The zero-order chi connectivity index (χ0) is 25.9. The van der Waals surface area contributed by atoms with Crippen molar-refractivity contribution in [2.75, 3.05) is 0 Å². The Bertz CT molecular complexity index is 1090. The summed E-state index contributed by atoms with van der Waals surface area (Å²) in [4.78, 5) is 39.5. The number of nitrogens with zero attached hydrogens (tertiary/aromatic N) is 1. The lowest BCUT2D eigenvalue weighted by atomic mass is 10.1. The Morgan fingerprint density at radius 2 is 1.28 bits per heavy atom. The first-order chi connectivity index (χ1) is 17.3. The predicted octanol–water partition coefficient (Wildman–Crippen LogP) is 4.67. The van der Waals surface area contributed by atoms with E-state index in [1.54, 1.807) is 36.1 Å². The minimum atomic E-state index is -0.953. The van der Waals surface area contributed by atoms with Crippen LogP contribution in [0.2, 0.25) is 0 Å². The molecule has 7 heteroatoms. The van der Waals surface area contributed by atoms with E-state index in [1.807, 2.05) is 74.5 Å². The van der Waals surface area contributed by atoms with Gasteiger partial charge in [0.2, 0.25) is 0 Å². The summed E-state index contributed by atoms with van der Waals surface area (Å²) in [5.41, 5.74) is 3.16. The van der Waals surface area contributed by atoms with Gasteiger partial charge in [0, 0.05) is 25.7 Å². The number of carbonyl (C=O) groups is 3. The molecule has 3 rings (SSSR count). The number of ether oxygens (including phenoxy) is 1. The van der Waals surface area contributed by atoms with Crippen LogP contribution in [0.5, 0.6) is 0 Å². The van der Waals surface area contributed by atoms with E-state index >= 15 is 0 Å². The molecule has 0 fully saturated rings. The third-order valence-corrected chi connectivity index (χ3v) is 5.44. The molecular formula is C29H33N3O4. The van der Waals surface area contributed by atoms with E-state index < -0.39 is 12.1 Å². The highest BCUT2D eigenvalue weighted by atomic mass is 16.5. The molecule has 0 spiro atoms. The minimum absolute atomic E-state index is 0.0446. The van der Waals surface area contributed by atoms with E-state index in [-0.39, 0.29) is 18.0 Å². The molecule has 1 unspecified atom stereocenters. The summed E-state index contributed by atoms with van der Waals surface area (Å²) < 4.78 is 5.53. The number of benzene rings is 3. The van der Waals surface area contributed by atoms with Gasteiger partial charge >= 0.3 is 12.0 Å². The zero-order valence-corrected chi connectivity index (χ0v) is 20.9. The fourth-order valence-electron chi connectivity index (χ4n) is 3.61. The summed E-state index contributed by atoms with van der Waals surface area (Å²) in [6, 6.07) is 26.0. The number of hydrogen-bond donors (Lipinski definition) is 2. The second-order valence-electron chi connectivity index (χ2n) is 8.89. The first-order valence-electron chi connectivity index (χ1n) is 12.0. The van der Waals surface area contributed by atoms with Gasteiger partial charge in [0.1, 0.15) is 0 Å². The third-order valence-electron chi connectivity index (χ3n) is 5.44. The lowest BCUT2D eigenvalue weighted by molar-refractivity contribution is -0.141. The Morgan fingerprint density at radius 3 is 1.78 bits per heavy atom. The fourth-order valence-corrected chi connectivity index (χ4v) is 3.61. The number of esters is 1. The van der Waals surface area contributed by atoms with E-state index in [9.17, 15) is 14.4 Å². The molecule has 0 saturated carbocycles. The van der Waals surface area contributed by atoms with E-state index in [0.29, 0.717) is 25.2 Å². The van der Waals surface area contributed by atoms with Crippen LogP contribution in [0.25, 0.3) is 0 Å². The molecule has 0 bridgehead atoms. The van der Waals surface area contributed by atoms with Crippen molar-refractivity contribution in [1.82, 2.24) is 15.5 Å². The van der Waals surface area contributed by atoms with Gasteiger partial charge in [-0.05, 0) is 49.6 Å². The highest BCUT2D eigenvalue weighted by Crippen LogP contribution is 2.14. The van der Waals surface area contributed by atoms with Crippen molar-refractivity contribution in [3.05, 3.63) is 107 Å². The molecule has 188 valence electrons. The average Bonchev–Trinajstić information content (AvgIpc) is 2.87. The van der Waals surface area contributed by atoms with Gasteiger partial charge in [-0.1, -0.05) is 72.8 Å². The van der Waals surface area contributed by atoms with E-state index in [0.717, 1.165) is 16.7 Å². The van der Waals surface area contributed by atoms with Crippen molar-refractivity contribution < 1.29 is 19.1 Å². The summed E-state index contributed by atoms with van der Waals surface area (Å²) >= 11 is 0. The van der Waals surface area contributed by atoms with E-state index in [2.05, 4.69) is 10.6 Å². The lowest BCUT2D eigenvalue weighted by Crippen LogP contribution is -2.39. The molecule has 0 aliphatic rings. The maximum Gasteiger partial charge on any atom is 0.338 e. The monoisotopic (exact) mass is 487 g/mol.